The van der Waals surface area contributed by atoms with Crippen LogP contribution < -0.4 is 15.3 Å². The fraction of sp³-hybridized carbons (Fsp3) is 0.294. The molecule has 0 heterocycles. The second-order valence-corrected chi connectivity index (χ2v) is 7.01. The van der Waals surface area contributed by atoms with Crippen molar-refractivity contribution in [1.82, 2.24) is 0 Å². The van der Waals surface area contributed by atoms with Crippen molar-refractivity contribution in [1.29, 1.82) is 0 Å². The Morgan fingerprint density at radius 3 is 2.10 bits per heavy atom. The Morgan fingerprint density at radius 2 is 1.55 bits per heavy atom. The van der Waals surface area contributed by atoms with Gasteiger partial charge in [0.2, 0.25) is 0 Å². The molecule has 1 atom stereocenters. The Hall–Kier alpha value is -1.27. The van der Waals surface area contributed by atoms with E-state index in [2.05, 4.69) is 63.8 Å². The zero-order chi connectivity index (χ0) is 14.0. The predicted octanol–water partition coefficient (Wildman–Crippen LogP) is 3.30. The van der Waals surface area contributed by atoms with Gasteiger partial charge in [0, 0.05) is 8.41 Å². The van der Waals surface area contributed by atoms with Gasteiger partial charge in [-0.2, -0.15) is 0 Å². The van der Waals surface area contributed by atoms with Crippen molar-refractivity contribution in [2.75, 3.05) is 13.8 Å². The SMILES string of the molecule is COc1c(C)cc(P(C)c2ccccc2)c(C)c1C.[B]. The normalized spacial score (nSPS) is 11.7. The van der Waals surface area contributed by atoms with Crippen molar-refractivity contribution in [2.45, 2.75) is 20.8 Å². The molecule has 2 rings (SSSR count). The Bertz CT molecular complexity index is 581. The van der Waals surface area contributed by atoms with Crippen molar-refractivity contribution >= 4 is 26.9 Å². The molecule has 2 aromatic rings. The molecular formula is C17H21BOP. The lowest BCUT2D eigenvalue weighted by molar-refractivity contribution is 0.408. The molecule has 3 radical (unpaired) electrons. The number of hydrogen-bond donors (Lipinski definition) is 0. The number of aryl methyl sites for hydroxylation is 1. The largest absolute Gasteiger partial charge is 0.496 e. The van der Waals surface area contributed by atoms with Crippen LogP contribution in [0.25, 0.3) is 0 Å². The molecular weight excluding hydrogens is 262 g/mol. The first-order valence-electron chi connectivity index (χ1n) is 6.49. The zero-order valence-corrected chi connectivity index (χ0v) is 13.8. The number of methoxy groups -OCH3 is 1. The Balaban J connectivity index is 0.00000200. The summed E-state index contributed by atoms with van der Waals surface area (Å²) in [5, 5.41) is 2.88. The van der Waals surface area contributed by atoms with Crippen molar-refractivity contribution in [3.05, 3.63) is 53.1 Å². The van der Waals surface area contributed by atoms with Crippen molar-refractivity contribution in [3.63, 3.8) is 0 Å². The quantitative estimate of drug-likeness (QED) is 0.620. The van der Waals surface area contributed by atoms with E-state index < -0.39 is 0 Å². The first kappa shape index (κ1) is 16.8. The van der Waals surface area contributed by atoms with Crippen LogP contribution in [0.3, 0.4) is 0 Å². The van der Waals surface area contributed by atoms with Crippen LogP contribution in [0.4, 0.5) is 0 Å². The van der Waals surface area contributed by atoms with Crippen LogP contribution in [0.5, 0.6) is 5.75 Å². The summed E-state index contributed by atoms with van der Waals surface area (Å²) in [6.07, 6.45) is 0. The average molecular weight is 283 g/mol. The fourth-order valence-electron chi connectivity index (χ4n) is 2.49. The predicted molar refractivity (Wildman–Crippen MR) is 91.5 cm³/mol. The highest BCUT2D eigenvalue weighted by Gasteiger charge is 2.16. The van der Waals surface area contributed by atoms with Crippen LogP contribution >= 0.6 is 7.92 Å². The first-order valence-corrected chi connectivity index (χ1v) is 8.28. The maximum Gasteiger partial charge on any atom is 0.124 e. The third-order valence-electron chi connectivity index (χ3n) is 3.71. The van der Waals surface area contributed by atoms with Gasteiger partial charge in [0.15, 0.2) is 0 Å². The van der Waals surface area contributed by atoms with Crippen LogP contribution in [-0.4, -0.2) is 22.2 Å². The van der Waals surface area contributed by atoms with E-state index in [4.69, 9.17) is 4.74 Å². The summed E-state index contributed by atoms with van der Waals surface area (Å²) in [5.41, 5.74) is 3.86. The van der Waals surface area contributed by atoms with E-state index >= 15 is 0 Å². The van der Waals surface area contributed by atoms with E-state index in [1.807, 2.05) is 0 Å². The molecule has 0 fully saturated rings. The van der Waals surface area contributed by atoms with Crippen molar-refractivity contribution in [3.8, 4) is 5.75 Å². The molecule has 0 aromatic heterocycles. The van der Waals surface area contributed by atoms with E-state index in [1.165, 1.54) is 27.3 Å². The van der Waals surface area contributed by atoms with Gasteiger partial charge in [0.1, 0.15) is 5.75 Å². The van der Waals surface area contributed by atoms with Gasteiger partial charge in [0.25, 0.3) is 0 Å². The minimum Gasteiger partial charge on any atom is -0.496 e. The molecule has 0 aliphatic rings. The molecule has 0 aliphatic heterocycles. The maximum absolute atomic E-state index is 5.50. The van der Waals surface area contributed by atoms with Gasteiger partial charge in [-0.1, -0.05) is 30.3 Å². The first-order chi connectivity index (χ1) is 9.06. The number of hydrogen-bond acceptors (Lipinski definition) is 1. The van der Waals surface area contributed by atoms with Crippen molar-refractivity contribution in [2.24, 2.45) is 0 Å². The minimum atomic E-state index is -0.297. The van der Waals surface area contributed by atoms with Gasteiger partial charge in [0.05, 0.1) is 7.11 Å². The van der Waals surface area contributed by atoms with Crippen LogP contribution in [0, 0.1) is 20.8 Å². The summed E-state index contributed by atoms with van der Waals surface area (Å²) in [7, 11) is 1.45. The molecule has 1 nitrogen and oxygen atoms in total. The van der Waals surface area contributed by atoms with E-state index in [0.717, 1.165) is 5.75 Å². The van der Waals surface area contributed by atoms with Gasteiger partial charge in [-0.15, -0.1) is 0 Å². The van der Waals surface area contributed by atoms with E-state index in [9.17, 15) is 0 Å². The monoisotopic (exact) mass is 283 g/mol. The highest BCUT2D eigenvalue weighted by molar-refractivity contribution is 7.72. The number of benzene rings is 2. The number of rotatable bonds is 3. The van der Waals surface area contributed by atoms with Gasteiger partial charge in [-0.25, -0.2) is 0 Å². The summed E-state index contributed by atoms with van der Waals surface area (Å²) in [6, 6.07) is 13.0. The molecule has 0 saturated carbocycles. The lowest BCUT2D eigenvalue weighted by atomic mass is 10.1. The van der Waals surface area contributed by atoms with Gasteiger partial charge in [-0.3, -0.25) is 0 Å². The Labute approximate surface area is 125 Å². The topological polar surface area (TPSA) is 9.23 Å². The molecule has 0 bridgehead atoms. The molecule has 0 aliphatic carbocycles. The Morgan fingerprint density at radius 1 is 0.950 bits per heavy atom. The van der Waals surface area contributed by atoms with Crippen molar-refractivity contribution < 1.29 is 4.74 Å². The van der Waals surface area contributed by atoms with Gasteiger partial charge in [-0.05, 0) is 68.7 Å². The van der Waals surface area contributed by atoms with Crippen LogP contribution in [0.2, 0.25) is 0 Å². The molecule has 0 amide bonds. The zero-order valence-electron chi connectivity index (χ0n) is 12.9. The number of ether oxygens (including phenoxy) is 1. The highest BCUT2D eigenvalue weighted by atomic mass is 31.1. The fourth-order valence-corrected chi connectivity index (χ4v) is 4.45. The molecule has 2 aromatic carbocycles. The minimum absolute atomic E-state index is 0. The standard InChI is InChI=1S/C17H21OP.B/c1-12-11-16(13(2)14(3)17(12)18-4)19(5)15-9-7-6-8-10-15;/h6-11H,1-5H3;. The van der Waals surface area contributed by atoms with Crippen LogP contribution in [0.1, 0.15) is 16.7 Å². The van der Waals surface area contributed by atoms with E-state index in [0.29, 0.717) is 0 Å². The summed E-state index contributed by atoms with van der Waals surface area (Å²) in [4.78, 5) is 0. The molecule has 0 spiro atoms. The highest BCUT2D eigenvalue weighted by Crippen LogP contribution is 2.35. The van der Waals surface area contributed by atoms with E-state index in [1.54, 1.807) is 7.11 Å². The molecule has 0 N–H and O–H groups in total. The lowest BCUT2D eigenvalue weighted by Crippen LogP contribution is -2.16. The smallest absolute Gasteiger partial charge is 0.124 e. The molecule has 103 valence electrons. The lowest BCUT2D eigenvalue weighted by Gasteiger charge is -2.20. The third-order valence-corrected chi connectivity index (χ3v) is 5.97. The summed E-state index contributed by atoms with van der Waals surface area (Å²) in [5.74, 6) is 1.03. The second kappa shape index (κ2) is 6.95. The molecule has 1 unspecified atom stereocenters. The summed E-state index contributed by atoms with van der Waals surface area (Å²) >= 11 is 0. The summed E-state index contributed by atoms with van der Waals surface area (Å²) in [6.45, 7) is 8.81. The molecule has 20 heavy (non-hydrogen) atoms. The molecule has 0 saturated heterocycles. The third kappa shape index (κ3) is 3.07. The average Bonchev–Trinajstić information content (AvgIpc) is 2.43. The molecule has 3 heteroatoms. The summed E-state index contributed by atoms with van der Waals surface area (Å²) < 4.78 is 5.50. The second-order valence-electron chi connectivity index (χ2n) is 4.89. The Kier molecular flexibility index (Phi) is 5.83. The maximum atomic E-state index is 5.50. The van der Waals surface area contributed by atoms with E-state index in [-0.39, 0.29) is 16.3 Å². The van der Waals surface area contributed by atoms with Gasteiger partial charge >= 0.3 is 0 Å². The van der Waals surface area contributed by atoms with Crippen LogP contribution in [-0.2, 0) is 0 Å². The van der Waals surface area contributed by atoms with Gasteiger partial charge < -0.3 is 4.74 Å². The van der Waals surface area contributed by atoms with Crippen LogP contribution in [0.15, 0.2) is 36.4 Å².